The van der Waals surface area contributed by atoms with E-state index in [0.717, 1.165) is 11.3 Å². The molecule has 9 nitrogen and oxygen atoms in total. The van der Waals surface area contributed by atoms with Gasteiger partial charge in [-0.1, -0.05) is 29.3 Å². The molecule has 1 fully saturated rings. The molecule has 2 aromatic carbocycles. The summed E-state index contributed by atoms with van der Waals surface area (Å²) >= 11 is 7.57. The molecule has 1 aliphatic heterocycles. The summed E-state index contributed by atoms with van der Waals surface area (Å²) in [6.45, 7) is 8.33. The first-order valence-corrected chi connectivity index (χ1v) is 15.2. The molecule has 1 saturated heterocycles. The Bertz CT molecular complexity index is 1460. The van der Waals surface area contributed by atoms with Gasteiger partial charge in [0, 0.05) is 35.6 Å². The molecular formula is C27H32ClN5O4S2. The molecule has 0 unspecified atom stereocenters. The predicted molar refractivity (Wildman–Crippen MR) is 155 cm³/mol. The third-order valence-corrected chi connectivity index (χ3v) is 9.25. The number of urea groups is 1. The van der Waals surface area contributed by atoms with Crippen molar-refractivity contribution in [1.82, 2.24) is 14.6 Å². The quantitative estimate of drug-likeness (QED) is 0.333. The second kappa shape index (κ2) is 11.6. The number of hydrogen-bond acceptors (Lipinski definition) is 6. The van der Waals surface area contributed by atoms with Crippen LogP contribution in [0.4, 0.5) is 15.6 Å². The molecule has 12 heteroatoms. The van der Waals surface area contributed by atoms with Crippen LogP contribution in [0.1, 0.15) is 61.1 Å². The van der Waals surface area contributed by atoms with Gasteiger partial charge in [0.05, 0.1) is 21.2 Å². The number of amides is 3. The van der Waals surface area contributed by atoms with Crippen molar-refractivity contribution in [3.8, 4) is 0 Å². The Hall–Kier alpha value is -2.99. The average molecular weight is 590 g/mol. The zero-order valence-electron chi connectivity index (χ0n) is 22.2. The summed E-state index contributed by atoms with van der Waals surface area (Å²) in [6, 6.07) is 11.2. The zero-order chi connectivity index (χ0) is 28.4. The van der Waals surface area contributed by atoms with E-state index in [0.29, 0.717) is 41.6 Å². The number of carbonyl (C=O) groups excluding carboxylic acids is 2. The maximum Gasteiger partial charge on any atom is 0.319 e. The highest BCUT2D eigenvalue weighted by Crippen LogP contribution is 2.33. The van der Waals surface area contributed by atoms with Gasteiger partial charge in [-0.25, -0.2) is 18.2 Å². The molecule has 0 spiro atoms. The topological polar surface area (TPSA) is 121 Å². The molecule has 0 aliphatic carbocycles. The van der Waals surface area contributed by atoms with E-state index < -0.39 is 27.5 Å². The monoisotopic (exact) mass is 589 g/mol. The van der Waals surface area contributed by atoms with Crippen molar-refractivity contribution in [2.45, 2.75) is 56.9 Å². The van der Waals surface area contributed by atoms with E-state index in [1.165, 1.54) is 21.7 Å². The lowest BCUT2D eigenvalue weighted by Gasteiger charge is -2.30. The lowest BCUT2D eigenvalue weighted by Crippen LogP contribution is -2.43. The summed E-state index contributed by atoms with van der Waals surface area (Å²) in [5, 5.41) is 10.8. The van der Waals surface area contributed by atoms with Crippen LogP contribution in [0, 0.1) is 6.92 Å². The van der Waals surface area contributed by atoms with E-state index in [2.05, 4.69) is 20.9 Å². The number of nitrogens with one attached hydrogen (secondary N) is 3. The number of halogens is 1. The SMILES string of the molecule is Cc1ccc(S(=O)(=O)N2CCC(c3csc(NC(=O)c4cc(NC(=O)NC(C)(C)C)ccc4Cl)n3)CC2)cc1. The Morgan fingerprint density at radius 1 is 1.05 bits per heavy atom. The minimum Gasteiger partial charge on any atom is -0.333 e. The van der Waals surface area contributed by atoms with Crippen LogP contribution in [-0.2, 0) is 10.0 Å². The number of aryl methyl sites for hydroxylation is 1. The molecule has 4 rings (SSSR count). The van der Waals surface area contributed by atoms with E-state index in [-0.39, 0.29) is 16.5 Å². The van der Waals surface area contributed by atoms with Crippen LogP contribution >= 0.6 is 22.9 Å². The van der Waals surface area contributed by atoms with Gasteiger partial charge >= 0.3 is 6.03 Å². The normalized spacial score (nSPS) is 15.1. The maximum atomic E-state index is 13.0. The Kier molecular flexibility index (Phi) is 8.65. The van der Waals surface area contributed by atoms with Gasteiger partial charge in [0.25, 0.3) is 5.91 Å². The average Bonchev–Trinajstić information content (AvgIpc) is 3.33. The van der Waals surface area contributed by atoms with Crippen LogP contribution in [0.25, 0.3) is 0 Å². The fourth-order valence-corrected chi connectivity index (χ4v) is 6.69. The molecule has 1 aromatic heterocycles. The van der Waals surface area contributed by atoms with Gasteiger partial charge in [0.2, 0.25) is 10.0 Å². The minimum atomic E-state index is -3.53. The molecule has 3 aromatic rings. The van der Waals surface area contributed by atoms with Crippen molar-refractivity contribution in [2.24, 2.45) is 0 Å². The molecule has 0 radical (unpaired) electrons. The number of benzene rings is 2. The summed E-state index contributed by atoms with van der Waals surface area (Å²) < 4.78 is 27.5. The summed E-state index contributed by atoms with van der Waals surface area (Å²) in [7, 11) is -3.53. The summed E-state index contributed by atoms with van der Waals surface area (Å²) in [4.78, 5) is 30.1. The van der Waals surface area contributed by atoms with Crippen molar-refractivity contribution >= 4 is 55.7 Å². The molecule has 0 bridgehead atoms. The van der Waals surface area contributed by atoms with Gasteiger partial charge in [0.1, 0.15) is 0 Å². The van der Waals surface area contributed by atoms with Crippen molar-refractivity contribution in [3.05, 3.63) is 69.7 Å². The Morgan fingerprint density at radius 3 is 2.36 bits per heavy atom. The Morgan fingerprint density at radius 2 is 1.72 bits per heavy atom. The summed E-state index contributed by atoms with van der Waals surface area (Å²) in [5.41, 5.74) is 2.05. The first kappa shape index (κ1) is 29.0. The minimum absolute atomic E-state index is 0.0915. The van der Waals surface area contributed by atoms with E-state index in [1.54, 1.807) is 36.4 Å². The van der Waals surface area contributed by atoms with Crippen LogP contribution in [0.3, 0.4) is 0 Å². The molecule has 0 saturated carbocycles. The molecule has 2 heterocycles. The highest BCUT2D eigenvalue weighted by molar-refractivity contribution is 7.89. The van der Waals surface area contributed by atoms with E-state index in [9.17, 15) is 18.0 Å². The van der Waals surface area contributed by atoms with Gasteiger partial charge in [-0.2, -0.15) is 4.31 Å². The van der Waals surface area contributed by atoms with Crippen LogP contribution in [0.2, 0.25) is 5.02 Å². The number of rotatable bonds is 6. The number of nitrogens with zero attached hydrogens (tertiary/aromatic N) is 2. The van der Waals surface area contributed by atoms with Gasteiger partial charge < -0.3 is 10.6 Å². The molecular weight excluding hydrogens is 558 g/mol. The predicted octanol–water partition coefficient (Wildman–Crippen LogP) is 5.85. The Balaban J connectivity index is 1.37. The molecule has 39 heavy (non-hydrogen) atoms. The molecule has 3 N–H and O–H groups in total. The molecule has 1 aliphatic rings. The second-order valence-corrected chi connectivity index (χ2v) is 13.8. The van der Waals surface area contributed by atoms with Gasteiger partial charge in [-0.05, 0) is 70.9 Å². The number of hydrogen-bond donors (Lipinski definition) is 3. The smallest absolute Gasteiger partial charge is 0.319 e. The Labute approximate surface area is 238 Å². The lowest BCUT2D eigenvalue weighted by molar-refractivity contribution is 0.102. The van der Waals surface area contributed by atoms with Crippen molar-refractivity contribution in [2.75, 3.05) is 23.7 Å². The van der Waals surface area contributed by atoms with E-state index in [1.807, 2.05) is 33.1 Å². The standard InChI is InChI=1S/C27H32ClN5O4S2/c1-17-5-8-20(9-6-17)39(36,37)33-13-11-18(12-14-33)23-16-38-26(30-23)31-24(34)21-15-19(7-10-22(21)28)29-25(35)32-27(2,3)4/h5-10,15-16,18H,11-14H2,1-4H3,(H2,29,32,35)(H,30,31,34). The summed E-state index contributed by atoms with van der Waals surface area (Å²) in [6.07, 6.45) is 1.27. The number of thiazole rings is 1. The van der Waals surface area contributed by atoms with Crippen LogP contribution in [0.5, 0.6) is 0 Å². The van der Waals surface area contributed by atoms with Crippen molar-refractivity contribution in [1.29, 1.82) is 0 Å². The third kappa shape index (κ3) is 7.36. The molecule has 208 valence electrons. The maximum absolute atomic E-state index is 13.0. The highest BCUT2D eigenvalue weighted by atomic mass is 35.5. The third-order valence-electron chi connectivity index (χ3n) is 6.23. The van der Waals surface area contributed by atoms with Crippen LogP contribution in [0.15, 0.2) is 52.7 Å². The number of aromatic nitrogens is 1. The first-order valence-electron chi connectivity index (χ1n) is 12.5. The van der Waals surface area contributed by atoms with Gasteiger partial charge in [-0.3, -0.25) is 10.1 Å². The molecule has 0 atom stereocenters. The zero-order valence-corrected chi connectivity index (χ0v) is 24.6. The van der Waals surface area contributed by atoms with Gasteiger partial charge in [0.15, 0.2) is 5.13 Å². The first-order chi connectivity index (χ1) is 18.3. The second-order valence-electron chi connectivity index (χ2n) is 10.5. The molecule has 3 amide bonds. The fraction of sp³-hybridized carbons (Fsp3) is 0.370. The van der Waals surface area contributed by atoms with E-state index >= 15 is 0 Å². The number of sulfonamides is 1. The summed E-state index contributed by atoms with van der Waals surface area (Å²) in [5.74, 6) is -0.353. The lowest BCUT2D eigenvalue weighted by atomic mass is 9.95. The van der Waals surface area contributed by atoms with Crippen molar-refractivity contribution < 1.29 is 18.0 Å². The number of carbonyl (C=O) groups is 2. The van der Waals surface area contributed by atoms with Gasteiger partial charge in [-0.15, -0.1) is 11.3 Å². The van der Waals surface area contributed by atoms with E-state index in [4.69, 9.17) is 11.6 Å². The van der Waals surface area contributed by atoms with Crippen LogP contribution < -0.4 is 16.0 Å². The number of anilines is 2. The fourth-order valence-electron chi connectivity index (χ4n) is 4.23. The van der Waals surface area contributed by atoms with Crippen LogP contribution in [-0.4, -0.2) is 48.3 Å². The highest BCUT2D eigenvalue weighted by Gasteiger charge is 2.31. The largest absolute Gasteiger partial charge is 0.333 e. The number of piperidine rings is 1. The van der Waals surface area contributed by atoms with Crippen molar-refractivity contribution in [3.63, 3.8) is 0 Å².